The summed E-state index contributed by atoms with van der Waals surface area (Å²) in [5.41, 5.74) is 2.55. The molecule has 0 spiro atoms. The van der Waals surface area contributed by atoms with Crippen LogP contribution >= 0.6 is 11.3 Å². The van der Waals surface area contributed by atoms with Gasteiger partial charge in [0.05, 0.1) is 26.3 Å². The van der Waals surface area contributed by atoms with Crippen molar-refractivity contribution in [1.82, 2.24) is 4.98 Å². The van der Waals surface area contributed by atoms with Gasteiger partial charge in [-0.05, 0) is 42.8 Å². The highest BCUT2D eigenvalue weighted by atomic mass is 32.1. The summed E-state index contributed by atoms with van der Waals surface area (Å²) in [5.74, 6) is 2.53. The molecule has 2 heterocycles. The van der Waals surface area contributed by atoms with Crippen LogP contribution < -0.4 is 24.3 Å². The number of nitrogens with one attached hydrogen (secondary N) is 1. The Hall–Kier alpha value is -3.26. The highest BCUT2D eigenvalue weighted by Crippen LogP contribution is 2.36. The van der Waals surface area contributed by atoms with Crippen molar-refractivity contribution in [3.63, 3.8) is 0 Å². The number of aromatic nitrogens is 1. The number of amides is 1. The van der Waals surface area contributed by atoms with Gasteiger partial charge in [0.1, 0.15) is 13.2 Å². The van der Waals surface area contributed by atoms with Crippen LogP contribution in [-0.2, 0) is 11.2 Å². The van der Waals surface area contributed by atoms with Gasteiger partial charge in [-0.2, -0.15) is 0 Å². The van der Waals surface area contributed by atoms with Crippen LogP contribution in [0, 0.1) is 6.92 Å². The minimum absolute atomic E-state index is 0.140. The van der Waals surface area contributed by atoms with Crippen molar-refractivity contribution in [2.24, 2.45) is 0 Å². The van der Waals surface area contributed by atoms with Gasteiger partial charge >= 0.3 is 0 Å². The lowest BCUT2D eigenvalue weighted by Gasteiger charge is -2.18. The number of thiazole rings is 1. The van der Waals surface area contributed by atoms with Crippen LogP contribution in [0.1, 0.15) is 10.4 Å². The second-order valence-electron chi connectivity index (χ2n) is 6.70. The average Bonchev–Trinajstić information content (AvgIpc) is 3.12. The SMILES string of the molecule is COc1ccc(-c2nc(NC(=O)Cc3ccc4c(c3)OCCO4)sc2C)cc1OC. The third-order valence-electron chi connectivity index (χ3n) is 4.67. The van der Waals surface area contributed by atoms with Crippen LogP contribution in [0.25, 0.3) is 11.3 Å². The smallest absolute Gasteiger partial charge is 0.230 e. The first-order valence-electron chi connectivity index (χ1n) is 9.45. The van der Waals surface area contributed by atoms with Crippen LogP contribution in [0.15, 0.2) is 36.4 Å². The van der Waals surface area contributed by atoms with Crippen molar-refractivity contribution in [2.45, 2.75) is 13.3 Å². The fourth-order valence-electron chi connectivity index (χ4n) is 3.25. The van der Waals surface area contributed by atoms with Crippen molar-refractivity contribution in [2.75, 3.05) is 32.8 Å². The number of hydrogen-bond acceptors (Lipinski definition) is 7. The van der Waals surface area contributed by atoms with Crippen molar-refractivity contribution in [3.8, 4) is 34.3 Å². The number of fused-ring (bicyclic) bond motifs is 1. The first-order valence-corrected chi connectivity index (χ1v) is 10.3. The monoisotopic (exact) mass is 426 g/mol. The van der Waals surface area contributed by atoms with E-state index < -0.39 is 0 Å². The molecule has 8 heteroatoms. The molecule has 0 fully saturated rings. The van der Waals surface area contributed by atoms with E-state index in [1.165, 1.54) is 11.3 Å². The van der Waals surface area contributed by atoms with Crippen molar-refractivity contribution in [3.05, 3.63) is 46.8 Å². The van der Waals surface area contributed by atoms with Crippen LogP contribution in [0.5, 0.6) is 23.0 Å². The van der Waals surface area contributed by atoms with Crippen LogP contribution in [-0.4, -0.2) is 38.3 Å². The Balaban J connectivity index is 1.48. The predicted molar refractivity (Wildman–Crippen MR) is 115 cm³/mol. The zero-order chi connectivity index (χ0) is 21.1. The molecule has 7 nitrogen and oxygen atoms in total. The van der Waals surface area contributed by atoms with E-state index >= 15 is 0 Å². The second-order valence-corrected chi connectivity index (χ2v) is 7.90. The summed E-state index contributed by atoms with van der Waals surface area (Å²) in [5, 5.41) is 3.45. The number of nitrogens with zero attached hydrogens (tertiary/aromatic N) is 1. The predicted octanol–water partition coefficient (Wildman–Crippen LogP) is 4.09. The van der Waals surface area contributed by atoms with Gasteiger partial charge in [0, 0.05) is 10.4 Å². The zero-order valence-electron chi connectivity index (χ0n) is 17.0. The molecule has 1 aromatic heterocycles. The number of hydrogen-bond donors (Lipinski definition) is 1. The van der Waals surface area contributed by atoms with Crippen molar-refractivity contribution in [1.29, 1.82) is 0 Å². The molecular weight excluding hydrogens is 404 g/mol. The number of benzene rings is 2. The topological polar surface area (TPSA) is 78.9 Å². The molecule has 4 rings (SSSR count). The lowest BCUT2D eigenvalue weighted by atomic mass is 10.1. The highest BCUT2D eigenvalue weighted by molar-refractivity contribution is 7.16. The fraction of sp³-hybridized carbons (Fsp3) is 0.273. The van der Waals surface area contributed by atoms with E-state index in [4.69, 9.17) is 18.9 Å². The molecule has 0 bridgehead atoms. The number of carbonyl (C=O) groups is 1. The Morgan fingerprint density at radius 3 is 2.60 bits per heavy atom. The molecule has 1 aliphatic rings. The number of ether oxygens (including phenoxy) is 4. The van der Waals surface area contributed by atoms with Crippen LogP contribution in [0.2, 0.25) is 0 Å². The van der Waals surface area contributed by atoms with E-state index in [1.807, 2.05) is 43.3 Å². The summed E-state index contributed by atoms with van der Waals surface area (Å²) < 4.78 is 21.8. The summed E-state index contributed by atoms with van der Waals surface area (Å²) in [6, 6.07) is 11.2. The third-order valence-corrected chi connectivity index (χ3v) is 5.56. The average molecular weight is 426 g/mol. The Kier molecular flexibility index (Phi) is 5.76. The van der Waals surface area contributed by atoms with E-state index in [1.54, 1.807) is 14.2 Å². The van der Waals surface area contributed by atoms with Crippen LogP contribution in [0.4, 0.5) is 5.13 Å². The molecular formula is C22H22N2O5S. The standard InChI is InChI=1S/C22H22N2O5S/c1-13-21(15-5-7-16(26-2)18(12-15)27-3)24-22(30-13)23-20(25)11-14-4-6-17-19(10-14)29-9-8-28-17/h4-7,10,12H,8-9,11H2,1-3H3,(H,23,24,25). The molecule has 0 unspecified atom stereocenters. The molecule has 0 saturated carbocycles. The van der Waals surface area contributed by atoms with Crippen LogP contribution in [0.3, 0.4) is 0 Å². The number of anilines is 1. The minimum atomic E-state index is -0.140. The molecule has 1 amide bonds. The Morgan fingerprint density at radius 2 is 1.83 bits per heavy atom. The maximum Gasteiger partial charge on any atom is 0.230 e. The van der Waals surface area contributed by atoms with E-state index in [2.05, 4.69) is 10.3 Å². The second kappa shape index (κ2) is 8.62. The summed E-state index contributed by atoms with van der Waals surface area (Å²) in [7, 11) is 3.19. The lowest BCUT2D eigenvalue weighted by molar-refractivity contribution is -0.115. The fourth-order valence-corrected chi connectivity index (χ4v) is 4.10. The highest BCUT2D eigenvalue weighted by Gasteiger charge is 2.16. The Bertz CT molecular complexity index is 1080. The maximum atomic E-state index is 12.5. The molecule has 2 aromatic carbocycles. The summed E-state index contributed by atoms with van der Waals surface area (Å²) in [4.78, 5) is 18.1. The number of carbonyl (C=O) groups excluding carboxylic acids is 1. The first kappa shape index (κ1) is 20.0. The van der Waals surface area contributed by atoms with Gasteiger partial charge in [-0.25, -0.2) is 4.98 Å². The van der Waals surface area contributed by atoms with E-state index in [0.29, 0.717) is 41.3 Å². The molecule has 0 aliphatic carbocycles. The number of rotatable bonds is 6. The van der Waals surface area contributed by atoms with Gasteiger partial charge in [-0.1, -0.05) is 6.07 Å². The molecule has 1 aliphatic heterocycles. The third kappa shape index (κ3) is 4.18. The Labute approximate surface area is 178 Å². The number of methoxy groups -OCH3 is 2. The van der Waals surface area contributed by atoms with E-state index in [0.717, 1.165) is 21.7 Å². The van der Waals surface area contributed by atoms with Gasteiger partial charge in [0.25, 0.3) is 0 Å². The molecule has 156 valence electrons. The summed E-state index contributed by atoms with van der Waals surface area (Å²) >= 11 is 1.43. The maximum absolute atomic E-state index is 12.5. The van der Waals surface area contributed by atoms with E-state index in [-0.39, 0.29) is 12.3 Å². The molecule has 0 atom stereocenters. The van der Waals surface area contributed by atoms with Gasteiger partial charge < -0.3 is 24.3 Å². The minimum Gasteiger partial charge on any atom is -0.493 e. The largest absolute Gasteiger partial charge is 0.493 e. The van der Waals surface area contributed by atoms with Gasteiger partial charge in [0.2, 0.25) is 5.91 Å². The number of aryl methyl sites for hydroxylation is 1. The molecule has 3 aromatic rings. The quantitative estimate of drug-likeness (QED) is 0.640. The molecule has 1 N–H and O–H groups in total. The van der Waals surface area contributed by atoms with Gasteiger partial charge in [-0.3, -0.25) is 4.79 Å². The first-order chi connectivity index (χ1) is 14.6. The zero-order valence-corrected chi connectivity index (χ0v) is 17.8. The Morgan fingerprint density at radius 1 is 1.07 bits per heavy atom. The summed E-state index contributed by atoms with van der Waals surface area (Å²) in [6.07, 6.45) is 0.223. The van der Waals surface area contributed by atoms with Gasteiger partial charge in [-0.15, -0.1) is 11.3 Å². The van der Waals surface area contributed by atoms with Gasteiger partial charge in [0.15, 0.2) is 28.1 Å². The molecule has 0 radical (unpaired) electrons. The molecule has 30 heavy (non-hydrogen) atoms. The molecule has 0 saturated heterocycles. The van der Waals surface area contributed by atoms with Crippen molar-refractivity contribution >= 4 is 22.4 Å². The normalized spacial score (nSPS) is 12.4. The summed E-state index contributed by atoms with van der Waals surface area (Å²) in [6.45, 7) is 3.03. The lowest BCUT2D eigenvalue weighted by Crippen LogP contribution is -2.17. The van der Waals surface area contributed by atoms with E-state index in [9.17, 15) is 4.79 Å². The van der Waals surface area contributed by atoms with Crippen molar-refractivity contribution < 1.29 is 23.7 Å².